The predicted octanol–water partition coefficient (Wildman–Crippen LogP) is 1.49. The minimum Gasteiger partial charge on any atom is -0.480 e. The third kappa shape index (κ3) is 3.69. The third-order valence-electron chi connectivity index (χ3n) is 5.66. The van der Waals surface area contributed by atoms with Crippen LogP contribution in [0.2, 0.25) is 0 Å². The number of ketones is 1. The molecule has 3 rings (SSSR count). The van der Waals surface area contributed by atoms with Gasteiger partial charge in [0.25, 0.3) is 0 Å². The van der Waals surface area contributed by atoms with Crippen LogP contribution in [0.25, 0.3) is 0 Å². The summed E-state index contributed by atoms with van der Waals surface area (Å²) in [5, 5.41) is 13.3. The van der Waals surface area contributed by atoms with Gasteiger partial charge in [0, 0.05) is 24.1 Å². The van der Waals surface area contributed by atoms with Gasteiger partial charge in [-0.3, -0.25) is 9.59 Å². The number of hydrazone groups is 1. The maximum absolute atomic E-state index is 13.3. The fourth-order valence-electron chi connectivity index (χ4n) is 4.07. The standard InChI is InChI=1S/C22H24N4O4/c1-14(27)22(23,21(29)30)19(16-5-3-2-4-6-16)18-11-12-26(20(18)28)17-9-7-15(8-10-17)13-25-24/h2-10,13,18-19H,11-12,23-24H2,1H3,(H,29,30). The Morgan fingerprint density at radius 1 is 1.20 bits per heavy atom. The monoisotopic (exact) mass is 408 g/mol. The Hall–Kier alpha value is -3.52. The first-order chi connectivity index (χ1) is 14.3. The van der Waals surface area contributed by atoms with E-state index in [0.717, 1.165) is 12.5 Å². The van der Waals surface area contributed by atoms with Gasteiger partial charge < -0.3 is 21.6 Å². The molecule has 2 aromatic carbocycles. The van der Waals surface area contributed by atoms with Gasteiger partial charge in [-0.15, -0.1) is 0 Å². The number of Topliss-reactive ketones (excluding diaryl/α,β-unsaturated/α-hetero) is 1. The van der Waals surface area contributed by atoms with Gasteiger partial charge in [-0.05, 0) is 36.6 Å². The predicted molar refractivity (Wildman–Crippen MR) is 113 cm³/mol. The van der Waals surface area contributed by atoms with Crippen molar-refractivity contribution in [3.63, 3.8) is 0 Å². The van der Waals surface area contributed by atoms with Gasteiger partial charge in [0.1, 0.15) is 0 Å². The topological polar surface area (TPSA) is 139 Å². The molecule has 1 saturated heterocycles. The summed E-state index contributed by atoms with van der Waals surface area (Å²) in [6.07, 6.45) is 1.87. The highest BCUT2D eigenvalue weighted by molar-refractivity contribution is 6.09. The Morgan fingerprint density at radius 3 is 2.37 bits per heavy atom. The Kier molecular flexibility index (Phi) is 5.98. The molecule has 3 atom stereocenters. The third-order valence-corrected chi connectivity index (χ3v) is 5.66. The van der Waals surface area contributed by atoms with E-state index in [4.69, 9.17) is 11.6 Å². The largest absolute Gasteiger partial charge is 0.480 e. The van der Waals surface area contributed by atoms with Gasteiger partial charge in [-0.1, -0.05) is 42.5 Å². The molecule has 30 heavy (non-hydrogen) atoms. The Morgan fingerprint density at radius 2 is 1.83 bits per heavy atom. The van der Waals surface area contributed by atoms with Gasteiger partial charge in [-0.25, -0.2) is 4.79 Å². The molecule has 0 aromatic heterocycles. The van der Waals surface area contributed by atoms with E-state index in [9.17, 15) is 19.5 Å². The van der Waals surface area contributed by atoms with E-state index >= 15 is 0 Å². The van der Waals surface area contributed by atoms with Gasteiger partial charge in [0.2, 0.25) is 5.91 Å². The second kappa shape index (κ2) is 8.46. The van der Waals surface area contributed by atoms with Crippen LogP contribution in [-0.4, -0.2) is 41.1 Å². The number of hydrogen-bond donors (Lipinski definition) is 3. The van der Waals surface area contributed by atoms with Gasteiger partial charge >= 0.3 is 5.97 Å². The van der Waals surface area contributed by atoms with Gasteiger partial charge in [-0.2, -0.15) is 5.10 Å². The smallest absolute Gasteiger partial charge is 0.332 e. The molecule has 0 bridgehead atoms. The van der Waals surface area contributed by atoms with Crippen molar-refractivity contribution >= 4 is 29.6 Å². The molecular weight excluding hydrogens is 384 g/mol. The molecule has 0 radical (unpaired) electrons. The minimum atomic E-state index is -2.21. The summed E-state index contributed by atoms with van der Waals surface area (Å²) in [4.78, 5) is 39.4. The highest BCUT2D eigenvalue weighted by atomic mass is 16.4. The number of carbonyl (C=O) groups is 3. The molecule has 1 aliphatic rings. The number of nitrogens with two attached hydrogens (primary N) is 2. The fourth-order valence-corrected chi connectivity index (χ4v) is 4.07. The zero-order valence-corrected chi connectivity index (χ0v) is 16.6. The van der Waals surface area contributed by atoms with E-state index < -0.39 is 29.1 Å². The summed E-state index contributed by atoms with van der Waals surface area (Å²) >= 11 is 0. The minimum absolute atomic E-state index is 0.263. The average molecular weight is 408 g/mol. The molecule has 156 valence electrons. The number of amides is 1. The zero-order chi connectivity index (χ0) is 21.9. The van der Waals surface area contributed by atoms with Crippen molar-refractivity contribution in [3.8, 4) is 0 Å². The van der Waals surface area contributed by atoms with Gasteiger partial charge in [0.15, 0.2) is 11.3 Å². The van der Waals surface area contributed by atoms with Crippen molar-refractivity contribution in [2.45, 2.75) is 24.8 Å². The first-order valence-electron chi connectivity index (χ1n) is 9.53. The van der Waals surface area contributed by atoms with Crippen LogP contribution < -0.4 is 16.5 Å². The number of carboxylic acid groups (broad SMARTS) is 1. The summed E-state index contributed by atoms with van der Waals surface area (Å²) in [7, 11) is 0. The fraction of sp³-hybridized carbons (Fsp3) is 0.273. The Labute approximate surface area is 174 Å². The van der Waals surface area contributed by atoms with E-state index in [-0.39, 0.29) is 5.91 Å². The van der Waals surface area contributed by atoms with E-state index in [1.807, 2.05) is 0 Å². The van der Waals surface area contributed by atoms with Crippen LogP contribution in [0.3, 0.4) is 0 Å². The number of benzene rings is 2. The number of carboxylic acids is 1. The highest BCUT2D eigenvalue weighted by Gasteiger charge is 2.54. The highest BCUT2D eigenvalue weighted by Crippen LogP contribution is 2.41. The summed E-state index contributed by atoms with van der Waals surface area (Å²) in [5.74, 6) is 1.02. The number of hydrogen-bond acceptors (Lipinski definition) is 6. The summed E-state index contributed by atoms with van der Waals surface area (Å²) < 4.78 is 0. The van der Waals surface area contributed by atoms with E-state index in [1.54, 1.807) is 59.5 Å². The molecule has 1 amide bonds. The molecular formula is C22H24N4O4. The zero-order valence-electron chi connectivity index (χ0n) is 16.6. The maximum atomic E-state index is 13.3. The van der Waals surface area contributed by atoms with Crippen LogP contribution in [0.4, 0.5) is 5.69 Å². The summed E-state index contributed by atoms with van der Waals surface area (Å²) in [6, 6.07) is 15.8. The van der Waals surface area contributed by atoms with Crippen LogP contribution in [-0.2, 0) is 14.4 Å². The second-order valence-corrected chi connectivity index (χ2v) is 7.37. The lowest BCUT2D eigenvalue weighted by Crippen LogP contribution is -2.60. The molecule has 2 aromatic rings. The molecule has 1 heterocycles. The van der Waals surface area contributed by atoms with Crippen LogP contribution >= 0.6 is 0 Å². The first kappa shape index (κ1) is 21.2. The number of rotatable bonds is 7. The molecule has 0 saturated carbocycles. The maximum Gasteiger partial charge on any atom is 0.332 e. The van der Waals surface area contributed by atoms with Crippen molar-refractivity contribution in [2.24, 2.45) is 22.6 Å². The van der Waals surface area contributed by atoms with Crippen LogP contribution in [0, 0.1) is 5.92 Å². The van der Waals surface area contributed by atoms with Crippen molar-refractivity contribution < 1.29 is 19.5 Å². The molecule has 3 unspecified atom stereocenters. The molecule has 1 fully saturated rings. The van der Waals surface area contributed by atoms with Crippen molar-refractivity contribution in [3.05, 3.63) is 65.7 Å². The lowest BCUT2D eigenvalue weighted by molar-refractivity contribution is -0.149. The molecule has 1 aliphatic heterocycles. The molecule has 5 N–H and O–H groups in total. The van der Waals surface area contributed by atoms with Crippen molar-refractivity contribution in [1.29, 1.82) is 0 Å². The van der Waals surface area contributed by atoms with E-state index in [2.05, 4.69) is 5.10 Å². The summed E-state index contributed by atoms with van der Waals surface area (Å²) in [5.41, 5.74) is 5.99. The number of aliphatic carboxylic acids is 1. The SMILES string of the molecule is CC(=O)C(N)(C(=O)O)C(c1ccccc1)C1CCN(c2ccc(C=NN)cc2)C1=O. The van der Waals surface area contributed by atoms with Crippen molar-refractivity contribution in [2.75, 3.05) is 11.4 Å². The van der Waals surface area contributed by atoms with Crippen LogP contribution in [0.5, 0.6) is 0 Å². The normalized spacial score (nSPS) is 19.6. The lowest BCUT2D eigenvalue weighted by Gasteiger charge is -2.35. The second-order valence-electron chi connectivity index (χ2n) is 7.37. The van der Waals surface area contributed by atoms with Crippen molar-refractivity contribution in [1.82, 2.24) is 0 Å². The number of carbonyl (C=O) groups excluding carboxylic acids is 2. The quantitative estimate of drug-likeness (QED) is 0.274. The van der Waals surface area contributed by atoms with E-state index in [0.29, 0.717) is 24.2 Å². The number of nitrogens with zero attached hydrogens (tertiary/aromatic N) is 2. The average Bonchev–Trinajstić information content (AvgIpc) is 3.10. The van der Waals surface area contributed by atoms with E-state index in [1.165, 1.54) is 6.21 Å². The van der Waals surface area contributed by atoms with Crippen LogP contribution in [0.15, 0.2) is 59.7 Å². The molecule has 8 heteroatoms. The molecule has 0 spiro atoms. The summed E-state index contributed by atoms with van der Waals surface area (Å²) in [6.45, 7) is 1.55. The molecule has 0 aliphatic carbocycles. The Bertz CT molecular complexity index is 958. The van der Waals surface area contributed by atoms with Crippen LogP contribution in [0.1, 0.15) is 30.4 Å². The lowest BCUT2D eigenvalue weighted by atomic mass is 9.69. The molecule has 8 nitrogen and oxygen atoms in total. The Balaban J connectivity index is 2.00. The first-order valence-corrected chi connectivity index (χ1v) is 9.53. The van der Waals surface area contributed by atoms with Gasteiger partial charge in [0.05, 0.1) is 6.21 Å². The number of anilines is 1.